The average Bonchev–Trinajstić information content (AvgIpc) is 3.06. The van der Waals surface area contributed by atoms with Gasteiger partial charge in [-0.05, 0) is 34.7 Å². The largest absolute Gasteiger partial charge is 0.489 e. The summed E-state index contributed by atoms with van der Waals surface area (Å²) in [5.41, 5.74) is 0.784. The highest BCUT2D eigenvalue weighted by Crippen LogP contribution is 2.27. The molecular formula is C16H16IN5O. The number of fused-ring (bicyclic) bond motifs is 1. The van der Waals surface area contributed by atoms with Crippen molar-refractivity contribution in [3.63, 3.8) is 0 Å². The second-order valence-electron chi connectivity index (χ2n) is 5.56. The van der Waals surface area contributed by atoms with Gasteiger partial charge in [0.05, 0.1) is 15.2 Å². The van der Waals surface area contributed by atoms with Gasteiger partial charge >= 0.3 is 0 Å². The Labute approximate surface area is 147 Å². The molecule has 3 heterocycles. The van der Waals surface area contributed by atoms with Gasteiger partial charge in [0.2, 0.25) is 0 Å². The van der Waals surface area contributed by atoms with Crippen molar-refractivity contribution in [2.24, 2.45) is 0 Å². The Morgan fingerprint density at radius 2 is 2.00 bits per heavy atom. The van der Waals surface area contributed by atoms with E-state index in [2.05, 4.69) is 53.7 Å². The van der Waals surface area contributed by atoms with Gasteiger partial charge in [-0.1, -0.05) is 12.1 Å². The first-order chi connectivity index (χ1) is 11.3. The lowest BCUT2D eigenvalue weighted by molar-refractivity contribution is 0.169. The maximum Gasteiger partial charge on any atom is 0.160 e. The summed E-state index contributed by atoms with van der Waals surface area (Å²) in [6.07, 6.45) is 5.59. The fourth-order valence-electron chi connectivity index (χ4n) is 2.91. The molecule has 0 spiro atoms. The zero-order valence-electron chi connectivity index (χ0n) is 12.4. The molecule has 1 aliphatic rings. The Bertz CT molecular complexity index is 813. The lowest BCUT2D eigenvalue weighted by Gasteiger charge is -2.33. The third-order valence-electron chi connectivity index (χ3n) is 4.10. The number of rotatable bonds is 3. The van der Waals surface area contributed by atoms with E-state index in [0.717, 1.165) is 52.1 Å². The van der Waals surface area contributed by atoms with Crippen LogP contribution < -0.4 is 9.64 Å². The van der Waals surface area contributed by atoms with Crippen molar-refractivity contribution >= 4 is 39.4 Å². The van der Waals surface area contributed by atoms with Crippen molar-refractivity contribution in [1.29, 1.82) is 0 Å². The van der Waals surface area contributed by atoms with E-state index in [1.807, 2.05) is 18.2 Å². The number of hydrogen-bond donors (Lipinski definition) is 1. The van der Waals surface area contributed by atoms with Crippen LogP contribution in [0.15, 0.2) is 36.8 Å². The quantitative estimate of drug-likeness (QED) is 0.659. The van der Waals surface area contributed by atoms with Crippen LogP contribution in [0, 0.1) is 3.57 Å². The van der Waals surface area contributed by atoms with E-state index in [1.165, 1.54) is 0 Å². The monoisotopic (exact) mass is 421 g/mol. The van der Waals surface area contributed by atoms with Gasteiger partial charge in [0, 0.05) is 25.9 Å². The third-order valence-corrected chi connectivity index (χ3v) is 4.99. The predicted molar refractivity (Wildman–Crippen MR) is 96.7 cm³/mol. The molecule has 3 aromatic rings. The van der Waals surface area contributed by atoms with Crippen molar-refractivity contribution < 1.29 is 4.74 Å². The highest BCUT2D eigenvalue weighted by molar-refractivity contribution is 14.1. The predicted octanol–water partition coefficient (Wildman–Crippen LogP) is 3.01. The summed E-state index contributed by atoms with van der Waals surface area (Å²) in [7, 11) is 0. The summed E-state index contributed by atoms with van der Waals surface area (Å²) in [6.45, 7) is 1.84. The molecule has 2 aromatic heterocycles. The SMILES string of the molecule is Ic1ccccc1OC1CCN(c2ncnc3[nH]ncc23)CC1. The minimum Gasteiger partial charge on any atom is -0.489 e. The molecule has 6 nitrogen and oxygen atoms in total. The lowest BCUT2D eigenvalue weighted by Crippen LogP contribution is -2.38. The number of hydrogen-bond acceptors (Lipinski definition) is 5. The van der Waals surface area contributed by atoms with E-state index < -0.39 is 0 Å². The van der Waals surface area contributed by atoms with Crippen LogP contribution in [0.5, 0.6) is 5.75 Å². The first-order valence-corrected chi connectivity index (χ1v) is 8.69. The fourth-order valence-corrected chi connectivity index (χ4v) is 3.42. The van der Waals surface area contributed by atoms with Gasteiger partial charge in [-0.2, -0.15) is 5.10 Å². The number of ether oxygens (including phenoxy) is 1. The number of benzene rings is 1. The molecular weight excluding hydrogens is 405 g/mol. The molecule has 0 amide bonds. The Balaban J connectivity index is 1.45. The van der Waals surface area contributed by atoms with Gasteiger partial charge < -0.3 is 9.64 Å². The van der Waals surface area contributed by atoms with Crippen molar-refractivity contribution in [2.45, 2.75) is 18.9 Å². The van der Waals surface area contributed by atoms with Gasteiger partial charge in [-0.15, -0.1) is 0 Å². The Morgan fingerprint density at radius 3 is 2.83 bits per heavy atom. The number of para-hydroxylation sites is 1. The number of H-pyrrole nitrogens is 1. The molecule has 23 heavy (non-hydrogen) atoms. The topological polar surface area (TPSA) is 66.9 Å². The molecule has 0 unspecified atom stereocenters. The Morgan fingerprint density at radius 1 is 1.17 bits per heavy atom. The number of nitrogens with one attached hydrogen (secondary N) is 1. The molecule has 0 saturated carbocycles. The van der Waals surface area contributed by atoms with Crippen molar-refractivity contribution in [1.82, 2.24) is 20.2 Å². The van der Waals surface area contributed by atoms with E-state index in [9.17, 15) is 0 Å². The van der Waals surface area contributed by atoms with Gasteiger partial charge in [0.15, 0.2) is 5.65 Å². The van der Waals surface area contributed by atoms with Gasteiger partial charge in [-0.3, -0.25) is 5.10 Å². The van der Waals surface area contributed by atoms with E-state index in [4.69, 9.17) is 4.74 Å². The minimum absolute atomic E-state index is 0.254. The Kier molecular flexibility index (Phi) is 4.02. The fraction of sp³-hybridized carbons (Fsp3) is 0.312. The first-order valence-electron chi connectivity index (χ1n) is 7.61. The molecule has 1 N–H and O–H groups in total. The number of piperidine rings is 1. The van der Waals surface area contributed by atoms with Crippen LogP contribution in [0.3, 0.4) is 0 Å². The molecule has 0 radical (unpaired) electrons. The molecule has 0 atom stereocenters. The van der Waals surface area contributed by atoms with Crippen LogP contribution in [0.2, 0.25) is 0 Å². The average molecular weight is 421 g/mol. The van der Waals surface area contributed by atoms with Crippen molar-refractivity contribution in [2.75, 3.05) is 18.0 Å². The third kappa shape index (κ3) is 2.97. The highest BCUT2D eigenvalue weighted by atomic mass is 127. The van der Waals surface area contributed by atoms with Gasteiger partial charge in [0.25, 0.3) is 0 Å². The van der Waals surface area contributed by atoms with Crippen LogP contribution in [0.25, 0.3) is 11.0 Å². The van der Waals surface area contributed by atoms with Gasteiger partial charge in [-0.25, -0.2) is 9.97 Å². The summed E-state index contributed by atoms with van der Waals surface area (Å²) in [5.74, 6) is 1.93. The lowest BCUT2D eigenvalue weighted by atomic mass is 10.1. The molecule has 0 aliphatic carbocycles. The zero-order valence-corrected chi connectivity index (χ0v) is 14.6. The maximum absolute atomic E-state index is 6.16. The molecule has 7 heteroatoms. The maximum atomic E-state index is 6.16. The molecule has 1 fully saturated rings. The summed E-state index contributed by atoms with van der Waals surface area (Å²) in [6, 6.07) is 8.15. The highest BCUT2D eigenvalue weighted by Gasteiger charge is 2.23. The molecule has 118 valence electrons. The molecule has 1 saturated heterocycles. The summed E-state index contributed by atoms with van der Waals surface area (Å²) >= 11 is 2.32. The molecule has 4 rings (SSSR count). The Hall–Kier alpha value is -1.90. The smallest absolute Gasteiger partial charge is 0.160 e. The second kappa shape index (κ2) is 6.31. The number of halogens is 1. The zero-order chi connectivity index (χ0) is 15.6. The van der Waals surface area contributed by atoms with Crippen LogP contribution >= 0.6 is 22.6 Å². The van der Waals surface area contributed by atoms with Crippen LogP contribution in [0.4, 0.5) is 5.82 Å². The van der Waals surface area contributed by atoms with E-state index in [0.29, 0.717) is 0 Å². The van der Waals surface area contributed by atoms with Crippen molar-refractivity contribution in [3.8, 4) is 5.75 Å². The standard InChI is InChI=1S/C16H16IN5O/c17-13-3-1-2-4-14(13)23-11-5-7-22(8-6-11)16-12-9-20-21-15(12)18-10-19-16/h1-4,9-11H,5-8H2,(H,18,19,20,21). The van der Waals surface area contributed by atoms with E-state index in [1.54, 1.807) is 12.5 Å². The summed E-state index contributed by atoms with van der Waals surface area (Å²) in [5, 5.41) is 7.93. The number of aromatic amines is 1. The van der Waals surface area contributed by atoms with E-state index >= 15 is 0 Å². The first kappa shape index (κ1) is 14.7. The second-order valence-corrected chi connectivity index (χ2v) is 6.73. The molecule has 1 aliphatic heterocycles. The molecule has 1 aromatic carbocycles. The summed E-state index contributed by atoms with van der Waals surface area (Å²) < 4.78 is 7.31. The normalized spacial score (nSPS) is 16.0. The van der Waals surface area contributed by atoms with Crippen LogP contribution in [-0.4, -0.2) is 39.4 Å². The van der Waals surface area contributed by atoms with Gasteiger partial charge in [0.1, 0.15) is 24.0 Å². The summed E-state index contributed by atoms with van der Waals surface area (Å²) in [4.78, 5) is 10.9. The minimum atomic E-state index is 0.254. The van der Waals surface area contributed by atoms with Crippen LogP contribution in [-0.2, 0) is 0 Å². The number of anilines is 1. The molecule has 0 bridgehead atoms. The van der Waals surface area contributed by atoms with Crippen LogP contribution in [0.1, 0.15) is 12.8 Å². The van der Waals surface area contributed by atoms with E-state index in [-0.39, 0.29) is 6.10 Å². The number of aromatic nitrogens is 4. The van der Waals surface area contributed by atoms with Crippen molar-refractivity contribution in [3.05, 3.63) is 40.4 Å². The number of nitrogens with zero attached hydrogens (tertiary/aromatic N) is 4.